The van der Waals surface area contributed by atoms with Crippen LogP contribution in [0.1, 0.15) is 30.9 Å². The van der Waals surface area contributed by atoms with Crippen molar-refractivity contribution in [1.29, 1.82) is 0 Å². The maximum atomic E-state index is 3.70. The predicted molar refractivity (Wildman–Crippen MR) is 73.2 cm³/mol. The summed E-state index contributed by atoms with van der Waals surface area (Å²) in [4.78, 5) is 2.53. The minimum Gasteiger partial charge on any atom is -0.310 e. The molecule has 0 radical (unpaired) electrons. The monoisotopic (exact) mass is 232 g/mol. The highest BCUT2D eigenvalue weighted by atomic mass is 15.1. The second kappa shape index (κ2) is 6.18. The second-order valence-corrected chi connectivity index (χ2v) is 5.02. The maximum absolute atomic E-state index is 3.70. The van der Waals surface area contributed by atoms with Gasteiger partial charge in [-0.3, -0.25) is 0 Å². The Labute approximate surface area is 105 Å². The first-order valence-electron chi connectivity index (χ1n) is 6.80. The third-order valence-corrected chi connectivity index (χ3v) is 3.88. The van der Waals surface area contributed by atoms with E-state index >= 15 is 0 Å². The number of hydrogen-bond acceptors (Lipinski definition) is 2. The van der Waals surface area contributed by atoms with Crippen molar-refractivity contribution in [2.75, 3.05) is 19.6 Å². The van der Waals surface area contributed by atoms with E-state index in [0.29, 0.717) is 6.04 Å². The molecule has 1 N–H and O–H groups in total. The third-order valence-electron chi connectivity index (χ3n) is 3.88. The molecule has 94 valence electrons. The number of piperidine rings is 1. The van der Waals surface area contributed by atoms with Crippen molar-refractivity contribution in [3.8, 4) is 0 Å². The Hall–Kier alpha value is -0.860. The summed E-state index contributed by atoms with van der Waals surface area (Å²) in [5.41, 5.74) is 2.83. The Morgan fingerprint density at radius 3 is 2.59 bits per heavy atom. The van der Waals surface area contributed by atoms with Gasteiger partial charge in [-0.2, -0.15) is 0 Å². The van der Waals surface area contributed by atoms with Crippen molar-refractivity contribution in [2.45, 2.75) is 39.3 Å². The van der Waals surface area contributed by atoms with Crippen LogP contribution in [0.2, 0.25) is 0 Å². The number of likely N-dealkylation sites (tertiary alicyclic amines) is 1. The van der Waals surface area contributed by atoms with Crippen molar-refractivity contribution < 1.29 is 0 Å². The molecule has 0 bridgehead atoms. The van der Waals surface area contributed by atoms with Gasteiger partial charge in [-0.05, 0) is 50.5 Å². The van der Waals surface area contributed by atoms with Crippen LogP contribution in [-0.2, 0) is 6.54 Å². The van der Waals surface area contributed by atoms with Gasteiger partial charge in [0.25, 0.3) is 0 Å². The van der Waals surface area contributed by atoms with Crippen LogP contribution in [-0.4, -0.2) is 30.6 Å². The lowest BCUT2D eigenvalue weighted by atomic mass is 10.0. The zero-order chi connectivity index (χ0) is 12.1. The smallest absolute Gasteiger partial charge is 0.0210 e. The summed E-state index contributed by atoms with van der Waals surface area (Å²) in [5.74, 6) is 0. The van der Waals surface area contributed by atoms with Crippen molar-refractivity contribution in [1.82, 2.24) is 10.2 Å². The fraction of sp³-hybridized carbons (Fsp3) is 0.600. The van der Waals surface area contributed by atoms with Crippen LogP contribution in [0.3, 0.4) is 0 Å². The molecule has 1 aromatic carbocycles. The van der Waals surface area contributed by atoms with Gasteiger partial charge in [0.2, 0.25) is 0 Å². The van der Waals surface area contributed by atoms with Gasteiger partial charge in [-0.15, -0.1) is 0 Å². The van der Waals surface area contributed by atoms with E-state index in [-0.39, 0.29) is 0 Å². The van der Waals surface area contributed by atoms with Gasteiger partial charge < -0.3 is 10.2 Å². The first-order valence-corrected chi connectivity index (χ1v) is 6.80. The van der Waals surface area contributed by atoms with Crippen molar-refractivity contribution in [3.05, 3.63) is 35.4 Å². The molecular formula is C15H24N2. The van der Waals surface area contributed by atoms with Gasteiger partial charge in [-0.25, -0.2) is 0 Å². The molecule has 2 rings (SSSR count). The number of nitrogens with zero attached hydrogens (tertiary/aromatic N) is 1. The first kappa shape index (κ1) is 12.6. The van der Waals surface area contributed by atoms with Crippen LogP contribution in [0.25, 0.3) is 0 Å². The van der Waals surface area contributed by atoms with E-state index in [9.17, 15) is 0 Å². The molecule has 1 aliphatic heterocycles. The SMILES string of the molecule is CCN1CCC(NCc2ccccc2C)CC1. The van der Waals surface area contributed by atoms with Gasteiger partial charge >= 0.3 is 0 Å². The van der Waals surface area contributed by atoms with Crippen LogP contribution < -0.4 is 5.32 Å². The summed E-state index contributed by atoms with van der Waals surface area (Å²) in [7, 11) is 0. The van der Waals surface area contributed by atoms with Crippen LogP contribution in [0.4, 0.5) is 0 Å². The van der Waals surface area contributed by atoms with Gasteiger partial charge in [0.05, 0.1) is 0 Å². The molecule has 1 fully saturated rings. The third kappa shape index (κ3) is 3.55. The lowest BCUT2D eigenvalue weighted by Gasteiger charge is -2.31. The average molecular weight is 232 g/mol. The molecule has 0 spiro atoms. The van der Waals surface area contributed by atoms with E-state index in [1.807, 2.05) is 0 Å². The summed E-state index contributed by atoms with van der Waals surface area (Å²) >= 11 is 0. The Morgan fingerprint density at radius 1 is 1.24 bits per heavy atom. The number of aryl methyl sites for hydroxylation is 1. The molecule has 2 heteroatoms. The van der Waals surface area contributed by atoms with Gasteiger partial charge in [-0.1, -0.05) is 31.2 Å². The quantitative estimate of drug-likeness (QED) is 0.858. The molecule has 1 aliphatic rings. The normalized spacial score (nSPS) is 18.5. The highest BCUT2D eigenvalue weighted by Crippen LogP contribution is 2.12. The Morgan fingerprint density at radius 2 is 1.94 bits per heavy atom. The molecule has 0 aliphatic carbocycles. The van der Waals surface area contributed by atoms with Gasteiger partial charge in [0, 0.05) is 12.6 Å². The lowest BCUT2D eigenvalue weighted by Crippen LogP contribution is -2.42. The molecule has 0 unspecified atom stereocenters. The summed E-state index contributed by atoms with van der Waals surface area (Å²) in [6, 6.07) is 9.36. The van der Waals surface area contributed by atoms with E-state index < -0.39 is 0 Å². The van der Waals surface area contributed by atoms with Crippen LogP contribution in [0, 0.1) is 6.92 Å². The van der Waals surface area contributed by atoms with E-state index in [1.54, 1.807) is 0 Å². The molecule has 0 amide bonds. The molecule has 0 aromatic heterocycles. The lowest BCUT2D eigenvalue weighted by molar-refractivity contribution is 0.206. The zero-order valence-corrected chi connectivity index (χ0v) is 11.1. The van der Waals surface area contributed by atoms with Gasteiger partial charge in [0.1, 0.15) is 0 Å². The number of benzene rings is 1. The Kier molecular flexibility index (Phi) is 4.57. The largest absolute Gasteiger partial charge is 0.310 e. The van der Waals surface area contributed by atoms with Crippen LogP contribution in [0.15, 0.2) is 24.3 Å². The van der Waals surface area contributed by atoms with Crippen molar-refractivity contribution in [3.63, 3.8) is 0 Å². The van der Waals surface area contributed by atoms with Gasteiger partial charge in [0.15, 0.2) is 0 Å². The summed E-state index contributed by atoms with van der Waals surface area (Å²) < 4.78 is 0. The molecule has 1 saturated heterocycles. The zero-order valence-electron chi connectivity index (χ0n) is 11.1. The van der Waals surface area contributed by atoms with E-state index in [1.165, 1.54) is 43.6 Å². The predicted octanol–water partition coefficient (Wildman–Crippen LogP) is 2.57. The fourth-order valence-corrected chi connectivity index (χ4v) is 2.52. The van der Waals surface area contributed by atoms with Crippen LogP contribution >= 0.6 is 0 Å². The molecule has 1 aromatic rings. The number of nitrogens with one attached hydrogen (secondary N) is 1. The molecule has 0 saturated carbocycles. The fourth-order valence-electron chi connectivity index (χ4n) is 2.52. The first-order chi connectivity index (χ1) is 8.29. The minimum absolute atomic E-state index is 0.706. The van der Waals surface area contributed by atoms with Crippen molar-refractivity contribution >= 4 is 0 Å². The highest BCUT2D eigenvalue weighted by molar-refractivity contribution is 5.25. The molecule has 2 nitrogen and oxygen atoms in total. The standard InChI is InChI=1S/C15H24N2/c1-3-17-10-8-15(9-11-17)16-12-14-7-5-4-6-13(14)2/h4-7,15-16H,3,8-12H2,1-2H3. The molecular weight excluding hydrogens is 208 g/mol. The topological polar surface area (TPSA) is 15.3 Å². The van der Waals surface area contributed by atoms with Crippen molar-refractivity contribution in [2.24, 2.45) is 0 Å². The van der Waals surface area contributed by atoms with Crippen LogP contribution in [0.5, 0.6) is 0 Å². The number of rotatable bonds is 4. The molecule has 0 atom stereocenters. The van der Waals surface area contributed by atoms with E-state index in [0.717, 1.165) is 6.54 Å². The average Bonchev–Trinajstić information content (AvgIpc) is 2.38. The van der Waals surface area contributed by atoms with E-state index in [2.05, 4.69) is 48.3 Å². The maximum Gasteiger partial charge on any atom is 0.0210 e. The summed E-state index contributed by atoms with van der Waals surface area (Å²) in [6.07, 6.45) is 2.58. The Balaban J connectivity index is 1.78. The Bertz CT molecular complexity index is 341. The molecule has 1 heterocycles. The minimum atomic E-state index is 0.706. The highest BCUT2D eigenvalue weighted by Gasteiger charge is 2.17. The molecule has 17 heavy (non-hydrogen) atoms. The summed E-state index contributed by atoms with van der Waals surface area (Å²) in [5, 5.41) is 3.70. The number of hydrogen-bond donors (Lipinski definition) is 1. The summed E-state index contributed by atoms with van der Waals surface area (Å²) in [6.45, 7) is 9.16. The van der Waals surface area contributed by atoms with E-state index in [4.69, 9.17) is 0 Å². The second-order valence-electron chi connectivity index (χ2n) is 5.02.